The maximum atomic E-state index is 12.5. The predicted molar refractivity (Wildman–Crippen MR) is 85.2 cm³/mol. The van der Waals surface area contributed by atoms with Crippen molar-refractivity contribution in [2.45, 2.75) is 51.2 Å². The van der Waals surface area contributed by atoms with E-state index in [1.54, 1.807) is 18.3 Å². The molecule has 23 heavy (non-hydrogen) atoms. The molecule has 1 fully saturated rings. The Hall–Kier alpha value is -2.08. The van der Waals surface area contributed by atoms with Crippen molar-refractivity contribution in [1.82, 2.24) is 15.1 Å². The van der Waals surface area contributed by atoms with E-state index in [2.05, 4.69) is 24.3 Å². The van der Waals surface area contributed by atoms with Crippen LogP contribution in [0.3, 0.4) is 0 Å². The summed E-state index contributed by atoms with van der Waals surface area (Å²) >= 11 is 0. The SMILES string of the molecule is CCC(C)n1ncc(C(=O)NCC(O)c2ccco2)c1C1CC1. The summed E-state index contributed by atoms with van der Waals surface area (Å²) in [7, 11) is 0. The van der Waals surface area contributed by atoms with Crippen molar-refractivity contribution in [1.29, 1.82) is 0 Å². The Kier molecular flexibility index (Phi) is 4.52. The van der Waals surface area contributed by atoms with Gasteiger partial charge in [-0.25, -0.2) is 0 Å². The van der Waals surface area contributed by atoms with E-state index in [1.165, 1.54) is 6.26 Å². The van der Waals surface area contributed by atoms with Gasteiger partial charge in [0.1, 0.15) is 11.9 Å². The molecule has 2 aromatic heterocycles. The number of nitrogens with one attached hydrogen (secondary N) is 1. The Labute approximate surface area is 135 Å². The third-order valence-corrected chi connectivity index (χ3v) is 4.38. The predicted octanol–water partition coefficient (Wildman–Crippen LogP) is 2.79. The number of aromatic nitrogens is 2. The molecule has 3 rings (SSSR count). The first-order valence-corrected chi connectivity index (χ1v) is 8.18. The minimum absolute atomic E-state index is 0.116. The molecule has 0 aliphatic heterocycles. The maximum Gasteiger partial charge on any atom is 0.254 e. The van der Waals surface area contributed by atoms with Gasteiger partial charge in [0.15, 0.2) is 0 Å². The molecule has 2 atom stereocenters. The van der Waals surface area contributed by atoms with Crippen LogP contribution < -0.4 is 5.32 Å². The van der Waals surface area contributed by atoms with Gasteiger partial charge in [-0.05, 0) is 38.3 Å². The van der Waals surface area contributed by atoms with E-state index in [9.17, 15) is 9.90 Å². The Morgan fingerprint density at radius 3 is 2.96 bits per heavy atom. The third-order valence-electron chi connectivity index (χ3n) is 4.38. The molecule has 0 bridgehead atoms. The lowest BCUT2D eigenvalue weighted by atomic mass is 10.1. The zero-order valence-electron chi connectivity index (χ0n) is 13.5. The smallest absolute Gasteiger partial charge is 0.254 e. The van der Waals surface area contributed by atoms with Crippen LogP contribution in [0, 0.1) is 0 Å². The molecule has 0 spiro atoms. The second-order valence-corrected chi connectivity index (χ2v) is 6.16. The number of rotatable bonds is 7. The van der Waals surface area contributed by atoms with Gasteiger partial charge in [0.05, 0.1) is 30.3 Å². The lowest BCUT2D eigenvalue weighted by Gasteiger charge is -2.15. The summed E-state index contributed by atoms with van der Waals surface area (Å²) in [6, 6.07) is 3.68. The summed E-state index contributed by atoms with van der Waals surface area (Å²) < 4.78 is 7.12. The molecule has 2 unspecified atom stereocenters. The molecule has 0 saturated heterocycles. The van der Waals surface area contributed by atoms with E-state index in [0.717, 1.165) is 25.0 Å². The van der Waals surface area contributed by atoms with Gasteiger partial charge in [-0.3, -0.25) is 9.48 Å². The van der Waals surface area contributed by atoms with E-state index in [0.29, 0.717) is 17.2 Å². The van der Waals surface area contributed by atoms with Gasteiger partial charge in [0.25, 0.3) is 5.91 Å². The maximum absolute atomic E-state index is 12.5. The average Bonchev–Trinajstić information content (AvgIpc) is 3.08. The van der Waals surface area contributed by atoms with Gasteiger partial charge in [-0.2, -0.15) is 5.10 Å². The Morgan fingerprint density at radius 2 is 2.35 bits per heavy atom. The van der Waals surface area contributed by atoms with Gasteiger partial charge in [-0.15, -0.1) is 0 Å². The van der Waals surface area contributed by atoms with Gasteiger partial charge in [0, 0.05) is 12.0 Å². The van der Waals surface area contributed by atoms with E-state index >= 15 is 0 Å². The van der Waals surface area contributed by atoms with Crippen molar-refractivity contribution in [2.24, 2.45) is 0 Å². The van der Waals surface area contributed by atoms with E-state index < -0.39 is 6.10 Å². The number of aliphatic hydroxyl groups is 1. The number of hydrogen-bond donors (Lipinski definition) is 2. The van der Waals surface area contributed by atoms with Crippen LogP contribution >= 0.6 is 0 Å². The lowest BCUT2D eigenvalue weighted by Crippen LogP contribution is -2.29. The first-order chi connectivity index (χ1) is 11.1. The highest BCUT2D eigenvalue weighted by Crippen LogP contribution is 2.42. The quantitative estimate of drug-likeness (QED) is 0.823. The monoisotopic (exact) mass is 317 g/mol. The van der Waals surface area contributed by atoms with Gasteiger partial charge in [0.2, 0.25) is 0 Å². The fraction of sp³-hybridized carbons (Fsp3) is 0.529. The highest BCUT2D eigenvalue weighted by Gasteiger charge is 2.33. The topological polar surface area (TPSA) is 80.3 Å². The number of carbonyl (C=O) groups excluding carboxylic acids is 1. The van der Waals surface area contributed by atoms with Crippen molar-refractivity contribution in [3.05, 3.63) is 41.6 Å². The van der Waals surface area contributed by atoms with Crippen LogP contribution in [0.25, 0.3) is 0 Å². The molecule has 2 N–H and O–H groups in total. The summed E-state index contributed by atoms with van der Waals surface area (Å²) in [5.41, 5.74) is 1.66. The van der Waals surface area contributed by atoms with Crippen LogP contribution in [-0.2, 0) is 0 Å². The van der Waals surface area contributed by atoms with Crippen LogP contribution in [0.2, 0.25) is 0 Å². The van der Waals surface area contributed by atoms with Gasteiger partial charge >= 0.3 is 0 Å². The highest BCUT2D eigenvalue weighted by atomic mass is 16.4. The molecule has 1 aliphatic carbocycles. The summed E-state index contributed by atoms with van der Waals surface area (Å²) in [5.74, 6) is 0.692. The van der Waals surface area contributed by atoms with Crippen LogP contribution in [0.1, 0.15) is 73.0 Å². The zero-order valence-corrected chi connectivity index (χ0v) is 13.5. The highest BCUT2D eigenvalue weighted by molar-refractivity contribution is 5.95. The standard InChI is InChI=1S/C17H23N3O3/c1-3-11(2)20-16(12-6-7-12)13(9-19-20)17(22)18-10-14(21)15-5-4-8-23-15/h4-5,8-9,11-12,14,21H,3,6-7,10H2,1-2H3,(H,18,22). The number of aliphatic hydroxyl groups excluding tert-OH is 1. The van der Waals surface area contributed by atoms with E-state index in [4.69, 9.17) is 4.42 Å². The third kappa shape index (κ3) is 3.32. The number of furan rings is 1. The van der Waals surface area contributed by atoms with Crippen molar-refractivity contribution in [2.75, 3.05) is 6.54 Å². The van der Waals surface area contributed by atoms with Crippen molar-refractivity contribution < 1.29 is 14.3 Å². The molecule has 6 nitrogen and oxygen atoms in total. The van der Waals surface area contributed by atoms with E-state index in [-0.39, 0.29) is 18.5 Å². The van der Waals surface area contributed by atoms with Crippen LogP contribution in [0.15, 0.2) is 29.0 Å². The molecule has 1 saturated carbocycles. The molecule has 124 valence electrons. The summed E-state index contributed by atoms with van der Waals surface area (Å²) in [6.07, 6.45) is 5.49. The molecule has 1 amide bonds. The van der Waals surface area contributed by atoms with Gasteiger partial charge < -0.3 is 14.8 Å². The number of amides is 1. The largest absolute Gasteiger partial charge is 0.467 e. The number of carbonyl (C=O) groups is 1. The van der Waals surface area contributed by atoms with Crippen molar-refractivity contribution >= 4 is 5.91 Å². The molecule has 2 heterocycles. The second-order valence-electron chi connectivity index (χ2n) is 6.16. The fourth-order valence-electron chi connectivity index (χ4n) is 2.70. The number of nitrogens with zero attached hydrogens (tertiary/aromatic N) is 2. The fourth-order valence-corrected chi connectivity index (χ4v) is 2.70. The molecule has 6 heteroatoms. The normalized spacial score (nSPS) is 17.0. The minimum Gasteiger partial charge on any atom is -0.467 e. The van der Waals surface area contributed by atoms with E-state index in [1.807, 2.05) is 4.68 Å². The minimum atomic E-state index is -0.845. The Morgan fingerprint density at radius 1 is 1.57 bits per heavy atom. The first-order valence-electron chi connectivity index (χ1n) is 8.18. The molecular weight excluding hydrogens is 294 g/mol. The first kappa shape index (κ1) is 15.8. The molecule has 0 radical (unpaired) electrons. The van der Waals surface area contributed by atoms with Gasteiger partial charge in [-0.1, -0.05) is 6.92 Å². The van der Waals surface area contributed by atoms with Crippen LogP contribution in [-0.4, -0.2) is 27.3 Å². The lowest BCUT2D eigenvalue weighted by molar-refractivity contribution is 0.0900. The van der Waals surface area contributed by atoms with Crippen LogP contribution in [0.4, 0.5) is 0 Å². The molecule has 2 aromatic rings. The Balaban J connectivity index is 1.71. The average molecular weight is 317 g/mol. The second kappa shape index (κ2) is 6.58. The van der Waals surface area contributed by atoms with Crippen molar-refractivity contribution in [3.63, 3.8) is 0 Å². The molecule has 0 aromatic carbocycles. The Bertz CT molecular complexity index is 659. The molecular formula is C17H23N3O3. The summed E-state index contributed by atoms with van der Waals surface area (Å²) in [5, 5.41) is 17.2. The summed E-state index contributed by atoms with van der Waals surface area (Å²) in [6.45, 7) is 4.34. The van der Waals surface area contributed by atoms with Crippen molar-refractivity contribution in [3.8, 4) is 0 Å². The summed E-state index contributed by atoms with van der Waals surface area (Å²) in [4.78, 5) is 12.5. The zero-order chi connectivity index (χ0) is 16.4. The number of hydrogen-bond acceptors (Lipinski definition) is 4. The molecule has 1 aliphatic rings. The van der Waals surface area contributed by atoms with Crippen LogP contribution in [0.5, 0.6) is 0 Å².